The van der Waals surface area contributed by atoms with Crippen LogP contribution in [0.3, 0.4) is 0 Å². The molecule has 1 heterocycles. The van der Waals surface area contributed by atoms with Crippen LogP contribution in [0.15, 0.2) is 0 Å². The average Bonchev–Trinajstić information content (AvgIpc) is 2.49. The predicted molar refractivity (Wildman–Crippen MR) is 59.6 cm³/mol. The van der Waals surface area contributed by atoms with Gasteiger partial charge in [0.25, 0.3) is 0 Å². The Hall–Kier alpha value is -0.610. The van der Waals surface area contributed by atoms with Crippen LogP contribution in [0.25, 0.3) is 0 Å². The Morgan fingerprint density at radius 2 is 2.36 bits per heavy atom. The molecule has 2 unspecified atom stereocenters. The Bertz CT molecular complexity index is 204. The molecule has 0 aromatic rings. The van der Waals surface area contributed by atoms with Gasteiger partial charge in [-0.25, -0.2) is 0 Å². The van der Waals surface area contributed by atoms with E-state index in [1.165, 1.54) is 19.5 Å². The molecule has 0 saturated carbocycles. The topological polar surface area (TPSA) is 56.4 Å². The minimum atomic E-state index is 0.0703. The fourth-order valence-electron chi connectivity index (χ4n) is 1.98. The highest BCUT2D eigenvalue weighted by Crippen LogP contribution is 2.15. The van der Waals surface area contributed by atoms with Gasteiger partial charge in [-0.2, -0.15) is 0 Å². The summed E-state index contributed by atoms with van der Waals surface area (Å²) in [6, 6.07) is 0.0703. The maximum atomic E-state index is 7.37. The second-order valence-electron chi connectivity index (χ2n) is 4.49. The van der Waals surface area contributed by atoms with E-state index < -0.39 is 0 Å². The van der Waals surface area contributed by atoms with E-state index in [1.807, 2.05) is 14.0 Å². The molecule has 0 amide bonds. The molecule has 0 aliphatic carbocycles. The Balaban J connectivity index is 2.33. The van der Waals surface area contributed by atoms with Crippen molar-refractivity contribution in [2.75, 3.05) is 33.7 Å². The van der Waals surface area contributed by atoms with Crippen LogP contribution in [0.2, 0.25) is 0 Å². The van der Waals surface area contributed by atoms with Gasteiger partial charge < -0.3 is 10.6 Å². The molecular weight excluding hydrogens is 176 g/mol. The first-order valence-electron chi connectivity index (χ1n) is 5.23. The molecule has 82 valence electrons. The van der Waals surface area contributed by atoms with Crippen molar-refractivity contribution >= 4 is 5.84 Å². The van der Waals surface area contributed by atoms with Gasteiger partial charge in [0.15, 0.2) is 0 Å². The van der Waals surface area contributed by atoms with Crippen molar-refractivity contribution < 1.29 is 0 Å². The third-order valence-corrected chi connectivity index (χ3v) is 3.15. The normalized spacial score (nSPS) is 25.6. The summed E-state index contributed by atoms with van der Waals surface area (Å²) < 4.78 is 0. The van der Waals surface area contributed by atoms with Crippen LogP contribution >= 0.6 is 0 Å². The Labute approximate surface area is 86.6 Å². The third-order valence-electron chi connectivity index (χ3n) is 3.15. The van der Waals surface area contributed by atoms with Crippen molar-refractivity contribution in [3.05, 3.63) is 0 Å². The molecule has 14 heavy (non-hydrogen) atoms. The van der Waals surface area contributed by atoms with Crippen LogP contribution in [0.5, 0.6) is 0 Å². The van der Waals surface area contributed by atoms with Crippen LogP contribution < -0.4 is 5.73 Å². The van der Waals surface area contributed by atoms with Gasteiger partial charge in [0.1, 0.15) is 5.84 Å². The fourth-order valence-corrected chi connectivity index (χ4v) is 1.98. The van der Waals surface area contributed by atoms with Gasteiger partial charge in [0.2, 0.25) is 0 Å². The maximum absolute atomic E-state index is 7.37. The first-order chi connectivity index (χ1) is 6.50. The quantitative estimate of drug-likeness (QED) is 0.501. The minimum Gasteiger partial charge on any atom is -0.386 e. The average molecular weight is 198 g/mol. The number of nitrogens with one attached hydrogen (secondary N) is 1. The molecule has 1 rings (SSSR count). The zero-order valence-corrected chi connectivity index (χ0v) is 9.45. The summed E-state index contributed by atoms with van der Waals surface area (Å²) in [5.74, 6) is 1.01. The number of rotatable bonds is 4. The molecule has 1 aliphatic heterocycles. The lowest BCUT2D eigenvalue weighted by Gasteiger charge is -2.26. The molecule has 3 N–H and O–H groups in total. The lowest BCUT2D eigenvalue weighted by molar-refractivity contribution is 0.255. The Morgan fingerprint density at radius 3 is 2.79 bits per heavy atom. The van der Waals surface area contributed by atoms with Gasteiger partial charge in [-0.3, -0.25) is 10.3 Å². The van der Waals surface area contributed by atoms with Crippen molar-refractivity contribution in [3.63, 3.8) is 0 Å². The zero-order chi connectivity index (χ0) is 10.7. The van der Waals surface area contributed by atoms with Gasteiger partial charge >= 0.3 is 0 Å². The van der Waals surface area contributed by atoms with Crippen LogP contribution in [0.4, 0.5) is 0 Å². The maximum Gasteiger partial charge on any atom is 0.108 e. The standard InChI is InChI=1S/C10H22N4/c1-8(10(11)12)14(3)7-9-4-5-13(2)6-9/h8-9H,4-7H2,1-3H3,(H3,11,12). The Kier molecular flexibility index (Phi) is 3.89. The summed E-state index contributed by atoms with van der Waals surface area (Å²) in [5.41, 5.74) is 5.47. The minimum absolute atomic E-state index is 0.0703. The summed E-state index contributed by atoms with van der Waals surface area (Å²) in [6.45, 7) is 5.41. The second-order valence-corrected chi connectivity index (χ2v) is 4.49. The number of likely N-dealkylation sites (tertiary alicyclic amines) is 1. The summed E-state index contributed by atoms with van der Waals surface area (Å²) in [5, 5.41) is 7.37. The fraction of sp³-hybridized carbons (Fsp3) is 0.900. The van der Waals surface area contributed by atoms with Crippen LogP contribution in [0.1, 0.15) is 13.3 Å². The van der Waals surface area contributed by atoms with Gasteiger partial charge in [-0.15, -0.1) is 0 Å². The molecule has 1 saturated heterocycles. The highest BCUT2D eigenvalue weighted by Gasteiger charge is 2.22. The second kappa shape index (κ2) is 4.75. The molecule has 0 bridgehead atoms. The molecule has 0 aromatic carbocycles. The number of nitrogens with two attached hydrogens (primary N) is 1. The molecule has 4 nitrogen and oxygen atoms in total. The molecule has 1 aliphatic rings. The van der Waals surface area contributed by atoms with Crippen molar-refractivity contribution in [3.8, 4) is 0 Å². The van der Waals surface area contributed by atoms with Crippen molar-refractivity contribution in [1.82, 2.24) is 9.80 Å². The highest BCUT2D eigenvalue weighted by molar-refractivity contribution is 5.82. The third kappa shape index (κ3) is 2.96. The van der Waals surface area contributed by atoms with E-state index in [0.717, 1.165) is 12.5 Å². The number of amidine groups is 1. The monoisotopic (exact) mass is 198 g/mol. The van der Waals surface area contributed by atoms with Crippen molar-refractivity contribution in [1.29, 1.82) is 5.41 Å². The highest BCUT2D eigenvalue weighted by atomic mass is 15.2. The van der Waals surface area contributed by atoms with Crippen LogP contribution in [-0.4, -0.2) is 55.4 Å². The van der Waals surface area contributed by atoms with E-state index in [4.69, 9.17) is 11.1 Å². The molecule has 0 spiro atoms. The molecule has 1 fully saturated rings. The van der Waals surface area contributed by atoms with Crippen molar-refractivity contribution in [2.45, 2.75) is 19.4 Å². The summed E-state index contributed by atoms with van der Waals surface area (Å²) in [4.78, 5) is 4.53. The molecule has 4 heteroatoms. The Morgan fingerprint density at radius 1 is 1.71 bits per heavy atom. The number of nitrogens with zero attached hydrogens (tertiary/aromatic N) is 2. The first kappa shape index (κ1) is 11.5. The van der Waals surface area contributed by atoms with Gasteiger partial charge in [0, 0.05) is 13.1 Å². The van der Waals surface area contributed by atoms with E-state index >= 15 is 0 Å². The van der Waals surface area contributed by atoms with Crippen molar-refractivity contribution in [2.24, 2.45) is 11.7 Å². The lowest BCUT2D eigenvalue weighted by atomic mass is 10.1. The zero-order valence-electron chi connectivity index (χ0n) is 9.45. The van der Waals surface area contributed by atoms with Gasteiger partial charge in [-0.05, 0) is 39.9 Å². The van der Waals surface area contributed by atoms with E-state index in [-0.39, 0.29) is 11.9 Å². The molecule has 2 atom stereocenters. The van der Waals surface area contributed by atoms with Crippen LogP contribution in [-0.2, 0) is 0 Å². The van der Waals surface area contributed by atoms with E-state index in [0.29, 0.717) is 0 Å². The number of hydrogen-bond acceptors (Lipinski definition) is 3. The number of hydrogen-bond donors (Lipinski definition) is 2. The molecular formula is C10H22N4. The largest absolute Gasteiger partial charge is 0.386 e. The molecule has 0 radical (unpaired) electrons. The van der Waals surface area contributed by atoms with E-state index in [2.05, 4.69) is 16.8 Å². The number of likely N-dealkylation sites (N-methyl/N-ethyl adjacent to an activating group) is 1. The SMILES string of the molecule is CC(C(=N)N)N(C)CC1CCN(C)C1. The molecule has 0 aromatic heterocycles. The van der Waals surface area contributed by atoms with E-state index in [9.17, 15) is 0 Å². The lowest BCUT2D eigenvalue weighted by Crippen LogP contribution is -2.42. The summed E-state index contributed by atoms with van der Waals surface area (Å²) >= 11 is 0. The summed E-state index contributed by atoms with van der Waals surface area (Å²) in [6.07, 6.45) is 1.27. The van der Waals surface area contributed by atoms with E-state index in [1.54, 1.807) is 0 Å². The van der Waals surface area contributed by atoms with Gasteiger partial charge in [0.05, 0.1) is 6.04 Å². The first-order valence-corrected chi connectivity index (χ1v) is 5.23. The predicted octanol–water partition coefficient (Wildman–Crippen LogP) is 0.194. The summed E-state index contributed by atoms with van der Waals surface area (Å²) in [7, 11) is 4.21. The smallest absolute Gasteiger partial charge is 0.108 e. The van der Waals surface area contributed by atoms with Gasteiger partial charge in [-0.1, -0.05) is 0 Å². The van der Waals surface area contributed by atoms with Crippen LogP contribution in [0, 0.1) is 11.3 Å².